The van der Waals surface area contributed by atoms with Crippen LogP contribution in [0.1, 0.15) is 181 Å². The number of carbonyl (C=O) groups excluding carboxylic acids is 16. The Labute approximate surface area is 765 Å². The Kier molecular flexibility index (Phi) is 50.2. The molecule has 1 aliphatic heterocycles. The fraction of sp³-hybridized carbons (Fsp3) is 0.598. The van der Waals surface area contributed by atoms with Crippen molar-refractivity contribution in [1.29, 1.82) is 0 Å². The van der Waals surface area contributed by atoms with E-state index in [1.807, 2.05) is 0 Å². The Morgan fingerprint density at radius 1 is 0.458 bits per heavy atom. The quantitative estimate of drug-likeness (QED) is 0.0356. The molecular formula is C92H132N10O28S. The Balaban J connectivity index is 1.52. The number of thioether (sulfide) groups is 1. The molecule has 0 aliphatic carbocycles. The summed E-state index contributed by atoms with van der Waals surface area (Å²) in [4.78, 5) is 261. The molecule has 16 atom stereocenters. The first-order chi connectivity index (χ1) is 61.9. The van der Waals surface area contributed by atoms with E-state index in [-0.39, 0.29) is 97.3 Å². The lowest BCUT2D eigenvalue weighted by atomic mass is 9.85. The van der Waals surface area contributed by atoms with Crippen molar-refractivity contribution in [3.8, 4) is 11.5 Å². The molecule has 1 fully saturated rings. The minimum atomic E-state index is -1.99. The van der Waals surface area contributed by atoms with Crippen LogP contribution >= 0.6 is 11.8 Å². The van der Waals surface area contributed by atoms with Gasteiger partial charge in [0.25, 0.3) is 0 Å². The molecule has 19 N–H and O–H groups in total. The van der Waals surface area contributed by atoms with Crippen molar-refractivity contribution >= 4 is 123 Å². The molecule has 39 heteroatoms. The van der Waals surface area contributed by atoms with Gasteiger partial charge in [-0.05, 0) is 131 Å². The number of aromatic hydroxyl groups is 2. The molecule has 0 radical (unpaired) electrons. The maximum absolute atomic E-state index is 14.8. The number of amides is 8. The molecule has 4 rings (SSSR count). The SMILES string of the molecule is CC[C@H](C)[C@H](NC(=O)[C@H](CO)CC(=O)[C@H](Cc1ccc(O)cc1)NC(=O)[C@H](CC(=O)O)CC(=O)[C@H](CO)NC(=O)[C@@H](CC(=O)[C@H](Cc1ccccc1)NC(=O)[C@@H](CC(=O)CNC(=O)[C@H](CCC(=O)O)CC(=O)CSCC(=O)CCCN1CCNCC1=O)[C@@H](C)O)[C@@H](C)O)C(=O)C[C@@H](Cc1ccc(O)cc1)C(=O)N[C@@H](CC(C)C)C(=O)C[C@@H](CC(=O)O)C(=O)N[C@H](C)CCCCN. The number of aliphatic hydroxyl groups is 4. The number of phenolic OH excluding ortho intramolecular Hbond substituents is 2. The third kappa shape index (κ3) is 41.9. The maximum Gasteiger partial charge on any atom is 0.304 e. The number of benzene rings is 3. The number of nitrogens with two attached hydrogens (primary N) is 1. The molecule has 1 heterocycles. The number of rotatable bonds is 67. The van der Waals surface area contributed by atoms with Crippen LogP contribution in [0.4, 0.5) is 0 Å². The van der Waals surface area contributed by atoms with Crippen molar-refractivity contribution in [2.24, 2.45) is 59.0 Å². The number of unbranched alkanes of at least 4 members (excludes halogenated alkanes) is 1. The van der Waals surface area contributed by atoms with Crippen molar-refractivity contribution in [2.45, 2.75) is 232 Å². The van der Waals surface area contributed by atoms with Gasteiger partial charge in [-0.3, -0.25) is 91.1 Å². The first-order valence-electron chi connectivity index (χ1n) is 44.3. The van der Waals surface area contributed by atoms with Gasteiger partial charge in [-0.15, -0.1) is 11.8 Å². The van der Waals surface area contributed by atoms with Crippen LogP contribution in [0.15, 0.2) is 78.9 Å². The average molecular weight is 1860 g/mol. The lowest BCUT2D eigenvalue weighted by Gasteiger charge is -2.28. The summed E-state index contributed by atoms with van der Waals surface area (Å²) in [6.45, 7) is 9.93. The summed E-state index contributed by atoms with van der Waals surface area (Å²) in [5.74, 6) is -29.8. The van der Waals surface area contributed by atoms with Gasteiger partial charge in [0.2, 0.25) is 47.3 Å². The molecule has 1 saturated heterocycles. The van der Waals surface area contributed by atoms with Gasteiger partial charge >= 0.3 is 17.9 Å². The number of ketones is 8. The number of hydrogen-bond acceptors (Lipinski definition) is 28. The number of hydrogen-bond donors (Lipinski definition) is 18. The lowest BCUT2D eigenvalue weighted by Crippen LogP contribution is -2.52. The van der Waals surface area contributed by atoms with Crippen molar-refractivity contribution in [3.05, 3.63) is 95.6 Å². The zero-order chi connectivity index (χ0) is 97.7. The highest BCUT2D eigenvalue weighted by molar-refractivity contribution is 8.00. The van der Waals surface area contributed by atoms with Crippen molar-refractivity contribution in [2.75, 3.05) is 64.0 Å². The van der Waals surface area contributed by atoms with Gasteiger partial charge in [-0.2, -0.15) is 0 Å². The largest absolute Gasteiger partial charge is 0.508 e. The van der Waals surface area contributed by atoms with Gasteiger partial charge in [-0.25, -0.2) is 0 Å². The van der Waals surface area contributed by atoms with Crippen LogP contribution in [-0.4, -0.2) is 275 Å². The average Bonchev–Trinajstić information content (AvgIpc) is 0.834. The second-order valence-electron chi connectivity index (χ2n) is 34.3. The number of phenols is 2. The van der Waals surface area contributed by atoms with Crippen LogP contribution in [0.3, 0.4) is 0 Å². The van der Waals surface area contributed by atoms with E-state index in [9.17, 15) is 137 Å². The summed E-state index contributed by atoms with van der Waals surface area (Å²) < 4.78 is 0. The predicted molar refractivity (Wildman–Crippen MR) is 478 cm³/mol. The number of carboxylic acid groups (broad SMARTS) is 3. The van der Waals surface area contributed by atoms with Crippen molar-refractivity contribution < 1.29 is 137 Å². The van der Waals surface area contributed by atoms with Crippen LogP contribution in [0.5, 0.6) is 11.5 Å². The highest BCUT2D eigenvalue weighted by Crippen LogP contribution is 2.27. The van der Waals surface area contributed by atoms with E-state index in [1.54, 1.807) is 69.9 Å². The first-order valence-corrected chi connectivity index (χ1v) is 45.5. The monoisotopic (exact) mass is 1860 g/mol. The number of nitrogens with one attached hydrogen (secondary N) is 8. The van der Waals surface area contributed by atoms with Crippen LogP contribution in [0.25, 0.3) is 0 Å². The van der Waals surface area contributed by atoms with Gasteiger partial charge in [0.05, 0.1) is 117 Å². The number of carboxylic acids is 3. The van der Waals surface area contributed by atoms with E-state index in [0.717, 1.165) is 25.6 Å². The first kappa shape index (κ1) is 112. The van der Waals surface area contributed by atoms with Crippen LogP contribution < -0.4 is 48.3 Å². The minimum Gasteiger partial charge on any atom is -0.508 e. The molecule has 38 nitrogen and oxygen atoms in total. The third-order valence-electron chi connectivity index (χ3n) is 22.8. The molecule has 0 unspecified atom stereocenters. The fourth-order valence-electron chi connectivity index (χ4n) is 14.9. The molecule has 3 aromatic carbocycles. The van der Waals surface area contributed by atoms with Gasteiger partial charge < -0.3 is 99.1 Å². The Morgan fingerprint density at radius 2 is 0.939 bits per heavy atom. The van der Waals surface area contributed by atoms with Crippen LogP contribution in [0.2, 0.25) is 0 Å². The van der Waals surface area contributed by atoms with E-state index < -0.39 is 280 Å². The van der Waals surface area contributed by atoms with Gasteiger partial charge in [0.1, 0.15) is 29.1 Å². The summed E-state index contributed by atoms with van der Waals surface area (Å²) in [7, 11) is 0. The van der Waals surface area contributed by atoms with E-state index in [1.165, 1.54) is 48.5 Å². The van der Waals surface area contributed by atoms with Gasteiger partial charge in [0.15, 0.2) is 34.7 Å². The smallest absolute Gasteiger partial charge is 0.304 e. The van der Waals surface area contributed by atoms with E-state index in [2.05, 4.69) is 42.5 Å². The summed E-state index contributed by atoms with van der Waals surface area (Å²) in [6.07, 6.45) is -9.50. The summed E-state index contributed by atoms with van der Waals surface area (Å²) in [5.41, 5.74) is 6.78. The summed E-state index contributed by atoms with van der Waals surface area (Å²) in [5, 5.41) is 114. The Bertz CT molecular complexity index is 4340. The second kappa shape index (κ2) is 58.6. The normalized spacial score (nSPS) is 15.8. The minimum absolute atomic E-state index is 0.0257. The standard InChI is InChI=1S/C92H132N10O28S/c1-8-53(4)85(80(116)40-61(34-58-19-24-65(107)25-20-58)88(126)97-72(33-52(2)3)76(112)38-62(42-83(120)121)87(125)96-54(5)15-12-13-29-93)101-90(128)64(48-103)41-77(113)73(36-59-21-26-66(108)27-22-59)98-89(127)63(43-84(122)123)39-78(114)75(49-104)100-92(130)71(56(7)106)45-79(115)74(35-57-16-10-9-11-17-57)99-91(129)70(55(6)105)44-68(110)46-95-86(124)60(23-28-82(118)119)37-69(111)51-131-50-67(109)18-14-31-102-32-30-94-47-81(102)117/h9-11,16-17,19-22,24-27,52-56,60-64,70-75,85,94,103-108H,8,12-15,18,23,28-51,93H2,1-7H3,(H,95,124)(H,96,125)(H,97,126)(H,98,127)(H,99,129)(H,100,130)(H,101,128)(H,118,119)(H,120,121)(H,122,123)/t53-,54+,55+,56+,60+,61+,62-,63-,64-,70-,71-,72-,73-,74-,75-,85-/m0/s1. The highest BCUT2D eigenvalue weighted by Gasteiger charge is 2.41. The number of nitrogens with zero attached hydrogens (tertiary/aromatic N) is 1. The zero-order valence-electron chi connectivity index (χ0n) is 75.5. The van der Waals surface area contributed by atoms with Gasteiger partial charge in [-0.1, -0.05) is 95.1 Å². The topological polar surface area (TPSA) is 632 Å². The second-order valence-corrected chi connectivity index (χ2v) is 35.3. The lowest BCUT2D eigenvalue weighted by molar-refractivity contribution is -0.143. The summed E-state index contributed by atoms with van der Waals surface area (Å²) >= 11 is 0.999. The summed E-state index contributed by atoms with van der Waals surface area (Å²) in [6, 6.07) is 10.5. The molecule has 131 heavy (non-hydrogen) atoms. The molecule has 1 aliphatic rings. The third-order valence-corrected chi connectivity index (χ3v) is 23.8. The van der Waals surface area contributed by atoms with E-state index >= 15 is 0 Å². The Hall–Kier alpha value is -11.1. The number of Topliss-reactive ketones (excluding diaryl/α,β-unsaturated/α-hetero) is 8. The molecule has 0 aromatic heterocycles. The number of aliphatic carboxylic acids is 3. The number of aliphatic hydroxyl groups excluding tert-OH is 4. The highest BCUT2D eigenvalue weighted by atomic mass is 32.2. The molecule has 0 bridgehead atoms. The molecule has 3 aromatic rings. The zero-order valence-corrected chi connectivity index (χ0v) is 76.3. The van der Waals surface area contributed by atoms with Crippen molar-refractivity contribution in [1.82, 2.24) is 47.4 Å². The number of piperazine rings is 1. The van der Waals surface area contributed by atoms with Crippen LogP contribution in [-0.2, 0) is 110 Å². The van der Waals surface area contributed by atoms with Crippen molar-refractivity contribution in [3.63, 3.8) is 0 Å². The predicted octanol–water partition coefficient (Wildman–Crippen LogP) is 1.49. The molecule has 8 amide bonds. The molecule has 0 saturated carbocycles. The van der Waals surface area contributed by atoms with Gasteiger partial charge in [0, 0.05) is 95.3 Å². The molecular weight excluding hydrogens is 1730 g/mol. The van der Waals surface area contributed by atoms with E-state index in [0.29, 0.717) is 63.0 Å². The fourth-order valence-corrected chi connectivity index (χ4v) is 15.7. The van der Waals surface area contributed by atoms with Crippen LogP contribution in [0, 0.1) is 53.3 Å². The maximum atomic E-state index is 14.8. The number of carbonyl (C=O) groups is 19. The molecule has 724 valence electrons. The Morgan fingerprint density at radius 3 is 1.47 bits per heavy atom. The van der Waals surface area contributed by atoms with E-state index in [4.69, 9.17) is 5.73 Å². The molecule has 0 spiro atoms.